The lowest BCUT2D eigenvalue weighted by molar-refractivity contribution is 0.1000. The Hall–Kier alpha value is -0.410. The van der Waals surface area contributed by atoms with Crippen molar-refractivity contribution in [2.24, 2.45) is 0 Å². The SMILES string of the molecule is C=C1CN2CCC[C@@]2(CO)C1.CC.CF. The van der Waals surface area contributed by atoms with Crippen molar-refractivity contribution < 1.29 is 9.50 Å². The highest BCUT2D eigenvalue weighted by molar-refractivity contribution is 5.17. The summed E-state index contributed by atoms with van der Waals surface area (Å²) in [5.41, 5.74) is 1.40. The molecule has 2 rings (SSSR count). The highest BCUT2D eigenvalue weighted by Gasteiger charge is 2.44. The molecule has 2 heterocycles. The number of fused-ring (bicyclic) bond motifs is 1. The van der Waals surface area contributed by atoms with Gasteiger partial charge in [0.25, 0.3) is 0 Å². The Bertz CT molecular complexity index is 196. The van der Waals surface area contributed by atoms with Crippen LogP contribution < -0.4 is 0 Å². The number of hydrogen-bond donors (Lipinski definition) is 1. The first-order valence-electron chi connectivity index (χ1n) is 5.67. The number of rotatable bonds is 1. The minimum Gasteiger partial charge on any atom is -0.394 e. The predicted molar refractivity (Wildman–Crippen MR) is 62.8 cm³/mol. The summed E-state index contributed by atoms with van der Waals surface area (Å²) in [6.45, 7) is 10.5. The van der Waals surface area contributed by atoms with Gasteiger partial charge in [0.1, 0.15) is 0 Å². The first kappa shape index (κ1) is 14.6. The van der Waals surface area contributed by atoms with Crippen LogP contribution in [-0.2, 0) is 0 Å². The summed E-state index contributed by atoms with van der Waals surface area (Å²) in [6, 6.07) is 0. The molecule has 2 fully saturated rings. The first-order valence-corrected chi connectivity index (χ1v) is 5.67. The van der Waals surface area contributed by atoms with Crippen LogP contribution in [0.15, 0.2) is 12.2 Å². The summed E-state index contributed by atoms with van der Waals surface area (Å²) in [7, 11) is 0.500. The molecule has 3 heteroatoms. The van der Waals surface area contributed by atoms with Gasteiger partial charge in [-0.1, -0.05) is 26.0 Å². The second-order valence-electron chi connectivity index (χ2n) is 3.83. The monoisotopic (exact) mass is 217 g/mol. The van der Waals surface area contributed by atoms with Gasteiger partial charge >= 0.3 is 0 Å². The van der Waals surface area contributed by atoms with Crippen LogP contribution in [0.1, 0.15) is 33.1 Å². The summed E-state index contributed by atoms with van der Waals surface area (Å²) in [5, 5.41) is 9.26. The quantitative estimate of drug-likeness (QED) is 0.682. The van der Waals surface area contributed by atoms with Crippen molar-refractivity contribution in [2.75, 3.05) is 26.9 Å². The molecule has 2 aliphatic heterocycles. The molecule has 0 radical (unpaired) electrons. The predicted octanol–water partition coefficient (Wildman–Crippen LogP) is 2.39. The van der Waals surface area contributed by atoms with Crippen LogP contribution in [0, 0.1) is 0 Å². The Labute approximate surface area is 92.8 Å². The number of nitrogens with zero attached hydrogens (tertiary/aromatic N) is 1. The zero-order valence-electron chi connectivity index (χ0n) is 10.2. The largest absolute Gasteiger partial charge is 0.394 e. The van der Waals surface area contributed by atoms with Crippen LogP contribution in [0.25, 0.3) is 0 Å². The normalized spacial score (nSPS) is 28.7. The van der Waals surface area contributed by atoms with E-state index in [4.69, 9.17) is 0 Å². The van der Waals surface area contributed by atoms with Gasteiger partial charge in [-0.05, 0) is 25.8 Å². The number of alkyl halides is 1. The Morgan fingerprint density at radius 2 is 2.07 bits per heavy atom. The maximum atomic E-state index is 9.50. The molecule has 0 saturated carbocycles. The first-order chi connectivity index (χ1) is 7.27. The van der Waals surface area contributed by atoms with Gasteiger partial charge < -0.3 is 5.11 Å². The van der Waals surface area contributed by atoms with E-state index in [0.29, 0.717) is 13.8 Å². The summed E-state index contributed by atoms with van der Waals surface area (Å²) < 4.78 is 9.50. The van der Waals surface area contributed by atoms with Gasteiger partial charge in [-0.3, -0.25) is 9.29 Å². The minimum atomic E-state index is 0.108. The van der Waals surface area contributed by atoms with Crippen LogP contribution in [0.5, 0.6) is 0 Å². The Morgan fingerprint density at radius 3 is 2.53 bits per heavy atom. The van der Waals surface area contributed by atoms with Gasteiger partial charge in [-0.15, -0.1) is 0 Å². The Morgan fingerprint density at radius 1 is 1.47 bits per heavy atom. The summed E-state index contributed by atoms with van der Waals surface area (Å²) in [4.78, 5) is 2.38. The van der Waals surface area contributed by atoms with Crippen molar-refractivity contribution in [3.63, 3.8) is 0 Å². The number of halogens is 1. The van der Waals surface area contributed by atoms with E-state index in [1.807, 2.05) is 13.8 Å². The van der Waals surface area contributed by atoms with Crippen molar-refractivity contribution in [3.8, 4) is 0 Å². The molecule has 0 aromatic heterocycles. The summed E-state index contributed by atoms with van der Waals surface area (Å²) >= 11 is 0. The van der Waals surface area contributed by atoms with Crippen molar-refractivity contribution in [3.05, 3.63) is 12.2 Å². The van der Waals surface area contributed by atoms with E-state index < -0.39 is 0 Å². The van der Waals surface area contributed by atoms with Crippen molar-refractivity contribution in [1.29, 1.82) is 0 Å². The molecular formula is C12H24FNO. The molecule has 2 nitrogen and oxygen atoms in total. The molecule has 1 N–H and O–H groups in total. The second kappa shape index (κ2) is 6.96. The Balaban J connectivity index is 0.000000442. The third-order valence-electron chi connectivity index (χ3n) is 3.03. The van der Waals surface area contributed by atoms with E-state index in [2.05, 4.69) is 11.5 Å². The minimum absolute atomic E-state index is 0.108. The maximum absolute atomic E-state index is 9.50. The molecule has 0 unspecified atom stereocenters. The number of aliphatic hydroxyl groups is 1. The van der Waals surface area contributed by atoms with Crippen molar-refractivity contribution >= 4 is 0 Å². The molecule has 1 atom stereocenters. The van der Waals surface area contributed by atoms with E-state index >= 15 is 0 Å². The highest BCUT2D eigenvalue weighted by atomic mass is 19.1. The van der Waals surface area contributed by atoms with E-state index in [9.17, 15) is 9.50 Å². The van der Waals surface area contributed by atoms with E-state index in [0.717, 1.165) is 25.9 Å². The molecule has 0 aromatic rings. The van der Waals surface area contributed by atoms with Crippen LogP contribution >= 0.6 is 0 Å². The topological polar surface area (TPSA) is 23.5 Å². The molecule has 0 aliphatic carbocycles. The fourth-order valence-electron chi connectivity index (χ4n) is 2.47. The van der Waals surface area contributed by atoms with Crippen molar-refractivity contribution in [2.45, 2.75) is 38.6 Å². The lowest BCUT2D eigenvalue weighted by Gasteiger charge is -2.28. The van der Waals surface area contributed by atoms with Gasteiger partial charge in [-0.2, -0.15) is 0 Å². The van der Waals surface area contributed by atoms with Crippen LogP contribution in [-0.4, -0.2) is 42.4 Å². The molecule has 90 valence electrons. The molecule has 0 amide bonds. The fourth-order valence-corrected chi connectivity index (χ4v) is 2.47. The van der Waals surface area contributed by atoms with Gasteiger partial charge in [0, 0.05) is 12.1 Å². The third kappa shape index (κ3) is 3.02. The highest BCUT2D eigenvalue weighted by Crippen LogP contribution is 2.39. The zero-order chi connectivity index (χ0) is 11.9. The van der Waals surface area contributed by atoms with Crippen molar-refractivity contribution in [1.82, 2.24) is 4.90 Å². The van der Waals surface area contributed by atoms with Crippen LogP contribution in [0.3, 0.4) is 0 Å². The lowest BCUT2D eigenvalue weighted by Crippen LogP contribution is -2.41. The lowest BCUT2D eigenvalue weighted by atomic mass is 9.94. The molecule has 0 aromatic carbocycles. The zero-order valence-corrected chi connectivity index (χ0v) is 10.2. The van der Waals surface area contributed by atoms with Crippen LogP contribution in [0.4, 0.5) is 4.39 Å². The number of hydrogen-bond acceptors (Lipinski definition) is 2. The second-order valence-corrected chi connectivity index (χ2v) is 3.83. The molecule has 0 bridgehead atoms. The Kier molecular flexibility index (Phi) is 6.77. The third-order valence-corrected chi connectivity index (χ3v) is 3.03. The number of aliphatic hydroxyl groups excluding tert-OH is 1. The average molecular weight is 217 g/mol. The molecule has 2 aliphatic rings. The molecular weight excluding hydrogens is 193 g/mol. The molecule has 2 saturated heterocycles. The van der Waals surface area contributed by atoms with E-state index in [-0.39, 0.29) is 5.54 Å². The van der Waals surface area contributed by atoms with Gasteiger partial charge in [0.15, 0.2) is 0 Å². The standard InChI is InChI=1S/C9H15NO.C2H6.CH3F/c1-8-5-9(7-11)3-2-4-10(9)6-8;2*1-2/h11H,1-7H2;1-2H3;1H3/t9-;;/m0../s1. The summed E-state index contributed by atoms with van der Waals surface area (Å²) in [6.07, 6.45) is 3.42. The van der Waals surface area contributed by atoms with Crippen LogP contribution in [0.2, 0.25) is 0 Å². The van der Waals surface area contributed by atoms with Gasteiger partial charge in [-0.25, -0.2) is 0 Å². The average Bonchev–Trinajstić information content (AvgIpc) is 2.80. The van der Waals surface area contributed by atoms with E-state index in [1.54, 1.807) is 0 Å². The molecule has 0 spiro atoms. The molecule has 15 heavy (non-hydrogen) atoms. The smallest absolute Gasteiger partial charge is 0.0785 e. The van der Waals surface area contributed by atoms with Gasteiger partial charge in [0.2, 0.25) is 0 Å². The van der Waals surface area contributed by atoms with E-state index in [1.165, 1.54) is 12.0 Å². The summed E-state index contributed by atoms with van der Waals surface area (Å²) in [5.74, 6) is 0. The fraction of sp³-hybridized carbons (Fsp3) is 0.833. The maximum Gasteiger partial charge on any atom is 0.0785 e. The van der Waals surface area contributed by atoms with Gasteiger partial charge in [0.05, 0.1) is 13.8 Å².